The summed E-state index contributed by atoms with van der Waals surface area (Å²) in [5, 5.41) is 0. The second-order valence-electron chi connectivity index (χ2n) is 8.91. The van der Waals surface area contributed by atoms with Gasteiger partial charge in [-0.05, 0) is 101 Å². The van der Waals surface area contributed by atoms with Crippen molar-refractivity contribution < 1.29 is 0 Å². The SMILES string of the molecule is CC1CC2(CCN(C3CC4(CCN(C)CC4)C3)CC2)C1. The van der Waals surface area contributed by atoms with Crippen LogP contribution in [0.15, 0.2) is 0 Å². The maximum Gasteiger partial charge on any atom is 0.0106 e. The smallest absolute Gasteiger partial charge is 0.0106 e. The molecule has 2 heteroatoms. The van der Waals surface area contributed by atoms with Crippen molar-refractivity contribution in [2.75, 3.05) is 33.2 Å². The first-order valence-electron chi connectivity index (χ1n) is 9.01. The van der Waals surface area contributed by atoms with Gasteiger partial charge in [-0.1, -0.05) is 6.92 Å². The van der Waals surface area contributed by atoms with Gasteiger partial charge in [0.25, 0.3) is 0 Å². The number of rotatable bonds is 1. The van der Waals surface area contributed by atoms with E-state index in [4.69, 9.17) is 0 Å². The van der Waals surface area contributed by atoms with Crippen LogP contribution in [0.25, 0.3) is 0 Å². The van der Waals surface area contributed by atoms with Crippen LogP contribution in [0, 0.1) is 16.7 Å². The van der Waals surface area contributed by atoms with Crippen LogP contribution >= 0.6 is 0 Å². The molecule has 2 aliphatic heterocycles. The second kappa shape index (κ2) is 4.71. The maximum atomic E-state index is 2.86. The van der Waals surface area contributed by atoms with Gasteiger partial charge in [0, 0.05) is 6.04 Å². The van der Waals surface area contributed by atoms with Gasteiger partial charge in [-0.3, -0.25) is 0 Å². The van der Waals surface area contributed by atoms with Crippen molar-refractivity contribution in [1.82, 2.24) is 9.80 Å². The van der Waals surface area contributed by atoms with E-state index in [0.717, 1.165) is 22.8 Å². The maximum absolute atomic E-state index is 2.86. The summed E-state index contributed by atoms with van der Waals surface area (Å²) in [5.41, 5.74) is 1.56. The number of piperidine rings is 2. The second-order valence-corrected chi connectivity index (χ2v) is 8.91. The quantitative estimate of drug-likeness (QED) is 0.724. The van der Waals surface area contributed by atoms with Crippen LogP contribution in [0.3, 0.4) is 0 Å². The van der Waals surface area contributed by atoms with Crippen LogP contribution < -0.4 is 0 Å². The third-order valence-corrected chi connectivity index (χ3v) is 7.32. The molecule has 0 atom stereocenters. The third kappa shape index (κ3) is 2.23. The normalized spacial score (nSPS) is 37.8. The average Bonchev–Trinajstić information content (AvgIpc) is 2.37. The van der Waals surface area contributed by atoms with E-state index < -0.39 is 0 Å². The molecule has 0 aromatic heterocycles. The molecule has 2 saturated heterocycles. The summed E-state index contributed by atoms with van der Waals surface area (Å²) in [7, 11) is 2.28. The molecule has 0 N–H and O–H groups in total. The number of likely N-dealkylation sites (tertiary alicyclic amines) is 2. The highest BCUT2D eigenvalue weighted by Gasteiger charge is 2.50. The summed E-state index contributed by atoms with van der Waals surface area (Å²) in [6.07, 6.45) is 12.0. The first kappa shape index (κ1) is 13.6. The molecule has 4 fully saturated rings. The Kier molecular flexibility index (Phi) is 3.20. The van der Waals surface area contributed by atoms with Gasteiger partial charge in [0.2, 0.25) is 0 Å². The van der Waals surface area contributed by atoms with Gasteiger partial charge in [0.1, 0.15) is 0 Å². The zero-order valence-electron chi connectivity index (χ0n) is 13.5. The van der Waals surface area contributed by atoms with Crippen LogP contribution in [0.4, 0.5) is 0 Å². The van der Waals surface area contributed by atoms with Gasteiger partial charge in [0.05, 0.1) is 0 Å². The minimum atomic E-state index is 0.761. The lowest BCUT2D eigenvalue weighted by molar-refractivity contribution is -0.0770. The highest BCUT2D eigenvalue weighted by molar-refractivity contribution is 5.03. The molecule has 0 bridgehead atoms. The van der Waals surface area contributed by atoms with Crippen LogP contribution in [0.1, 0.15) is 58.3 Å². The summed E-state index contributed by atoms with van der Waals surface area (Å²) < 4.78 is 0. The van der Waals surface area contributed by atoms with E-state index in [2.05, 4.69) is 23.8 Å². The molecule has 114 valence electrons. The molecule has 2 spiro atoms. The van der Waals surface area contributed by atoms with Gasteiger partial charge in [-0.15, -0.1) is 0 Å². The van der Waals surface area contributed by atoms with Gasteiger partial charge in [-0.2, -0.15) is 0 Å². The number of hydrogen-bond acceptors (Lipinski definition) is 2. The highest BCUT2D eigenvalue weighted by atomic mass is 15.2. The van der Waals surface area contributed by atoms with E-state index >= 15 is 0 Å². The van der Waals surface area contributed by atoms with Crippen molar-refractivity contribution in [3.05, 3.63) is 0 Å². The minimum Gasteiger partial charge on any atom is -0.306 e. The molecule has 2 heterocycles. The lowest BCUT2D eigenvalue weighted by atomic mass is 9.56. The molecule has 20 heavy (non-hydrogen) atoms. The third-order valence-electron chi connectivity index (χ3n) is 7.32. The van der Waals surface area contributed by atoms with Gasteiger partial charge in [-0.25, -0.2) is 0 Å². The minimum absolute atomic E-state index is 0.761. The van der Waals surface area contributed by atoms with Gasteiger partial charge >= 0.3 is 0 Å². The standard InChI is InChI=1S/C18H32N2/c1-15-11-17(12-15)5-9-20(10-6-17)16-13-18(14-16)3-7-19(2)8-4-18/h15-16H,3-14H2,1-2H3. The fourth-order valence-electron chi connectivity index (χ4n) is 5.89. The van der Waals surface area contributed by atoms with E-state index in [1.807, 2.05) is 0 Å². The molecule has 2 saturated carbocycles. The Morgan fingerprint density at radius 3 is 1.80 bits per heavy atom. The van der Waals surface area contributed by atoms with Crippen molar-refractivity contribution in [2.45, 2.75) is 64.3 Å². The first-order valence-corrected chi connectivity index (χ1v) is 9.01. The molecular weight excluding hydrogens is 244 g/mol. The zero-order valence-corrected chi connectivity index (χ0v) is 13.5. The van der Waals surface area contributed by atoms with E-state index in [0.29, 0.717) is 0 Å². The Labute approximate surface area is 124 Å². The lowest BCUT2D eigenvalue weighted by Crippen LogP contribution is -2.57. The molecule has 0 unspecified atom stereocenters. The Balaban J connectivity index is 1.26. The molecule has 2 nitrogen and oxygen atoms in total. The molecule has 0 radical (unpaired) electrons. The van der Waals surface area contributed by atoms with E-state index in [1.54, 1.807) is 0 Å². The van der Waals surface area contributed by atoms with Crippen molar-refractivity contribution in [1.29, 1.82) is 0 Å². The van der Waals surface area contributed by atoms with Gasteiger partial charge in [0.15, 0.2) is 0 Å². The Morgan fingerprint density at radius 2 is 1.25 bits per heavy atom. The largest absolute Gasteiger partial charge is 0.306 e. The van der Waals surface area contributed by atoms with Crippen LogP contribution in [0.2, 0.25) is 0 Å². The Bertz CT molecular complexity index is 346. The lowest BCUT2D eigenvalue weighted by Gasteiger charge is -2.58. The van der Waals surface area contributed by atoms with Crippen molar-refractivity contribution in [2.24, 2.45) is 16.7 Å². The molecule has 4 aliphatic rings. The van der Waals surface area contributed by atoms with E-state index in [9.17, 15) is 0 Å². The molecule has 0 aromatic rings. The summed E-state index contributed by atoms with van der Waals surface area (Å²) in [4.78, 5) is 5.37. The molecular formula is C18H32N2. The monoisotopic (exact) mass is 276 g/mol. The highest BCUT2D eigenvalue weighted by Crippen LogP contribution is 2.55. The molecule has 2 aliphatic carbocycles. The first-order chi connectivity index (χ1) is 9.58. The van der Waals surface area contributed by atoms with Crippen molar-refractivity contribution in [3.63, 3.8) is 0 Å². The van der Waals surface area contributed by atoms with E-state index in [1.165, 1.54) is 77.5 Å². The summed E-state index contributed by atoms with van der Waals surface area (Å²) in [6, 6.07) is 0.952. The Morgan fingerprint density at radius 1 is 0.750 bits per heavy atom. The predicted molar refractivity (Wildman–Crippen MR) is 83.8 cm³/mol. The fraction of sp³-hybridized carbons (Fsp3) is 1.00. The number of hydrogen-bond donors (Lipinski definition) is 0. The van der Waals surface area contributed by atoms with Crippen molar-refractivity contribution >= 4 is 0 Å². The van der Waals surface area contributed by atoms with Crippen LogP contribution in [-0.2, 0) is 0 Å². The molecule has 0 aromatic carbocycles. The summed E-state index contributed by atoms with van der Waals surface area (Å²) in [5.74, 6) is 1.02. The zero-order chi connectivity index (χ0) is 13.8. The average molecular weight is 276 g/mol. The molecule has 0 amide bonds. The molecule has 4 rings (SSSR count). The Hall–Kier alpha value is -0.0800. The fourth-order valence-corrected chi connectivity index (χ4v) is 5.89. The van der Waals surface area contributed by atoms with Crippen LogP contribution in [-0.4, -0.2) is 49.1 Å². The summed E-state index contributed by atoms with van der Waals surface area (Å²) in [6.45, 7) is 7.94. The summed E-state index contributed by atoms with van der Waals surface area (Å²) >= 11 is 0. The number of nitrogens with zero attached hydrogens (tertiary/aromatic N) is 2. The van der Waals surface area contributed by atoms with Crippen molar-refractivity contribution in [3.8, 4) is 0 Å². The topological polar surface area (TPSA) is 6.48 Å². The van der Waals surface area contributed by atoms with Crippen LogP contribution in [0.5, 0.6) is 0 Å². The van der Waals surface area contributed by atoms with Gasteiger partial charge < -0.3 is 9.80 Å². The predicted octanol–water partition coefficient (Wildman–Crippen LogP) is 3.37. The van der Waals surface area contributed by atoms with E-state index in [-0.39, 0.29) is 0 Å².